The van der Waals surface area contributed by atoms with Gasteiger partial charge in [-0.05, 0) is 44.0 Å². The predicted molar refractivity (Wildman–Crippen MR) is 117 cm³/mol. The molecule has 0 atom stereocenters. The molecule has 1 aromatic heterocycles. The highest BCUT2D eigenvalue weighted by atomic mass is 32.2. The number of rotatable bonds is 5. The van der Waals surface area contributed by atoms with Crippen LogP contribution in [0.4, 0.5) is 0 Å². The van der Waals surface area contributed by atoms with Crippen LogP contribution in [0.2, 0.25) is 0 Å². The zero-order chi connectivity index (χ0) is 21.5. The second-order valence-corrected chi connectivity index (χ2v) is 8.69. The Balaban J connectivity index is 1.34. The molecule has 2 aliphatic heterocycles. The molecule has 8 nitrogen and oxygen atoms in total. The fraction of sp³-hybridized carbons (Fsp3) is 0.364. The van der Waals surface area contributed by atoms with Gasteiger partial charge in [-0.3, -0.25) is 19.2 Å². The van der Waals surface area contributed by atoms with Crippen molar-refractivity contribution in [3.05, 3.63) is 46.9 Å². The molecule has 3 aliphatic rings. The number of Topliss-reactive ketones (excluding diaryl/α,β-unsaturated/α-hetero) is 1. The predicted octanol–water partition coefficient (Wildman–Crippen LogP) is 2.82. The molecular formula is C22H22N4O4S. The molecule has 31 heavy (non-hydrogen) atoms. The van der Waals surface area contributed by atoms with Crippen LogP contribution in [0.5, 0.6) is 11.5 Å². The van der Waals surface area contributed by atoms with Crippen LogP contribution in [0, 0.1) is 6.92 Å². The van der Waals surface area contributed by atoms with E-state index < -0.39 is 0 Å². The Kier molecular flexibility index (Phi) is 5.05. The standard InChI is InChI=1S/C22H22N4O4S/c1-13-15(11-25(2)24-13)9-17-21(28)26(16-4-5-16)22(23-17)31-12-18(27)14-3-6-19-20(10-14)30-8-7-29-19/h3,6,9-11,16H,4-5,7-8,12H2,1-2H3. The molecule has 3 heterocycles. The van der Waals surface area contributed by atoms with E-state index in [4.69, 9.17) is 9.47 Å². The molecule has 1 amide bonds. The van der Waals surface area contributed by atoms with Gasteiger partial charge in [-0.25, -0.2) is 4.99 Å². The zero-order valence-corrected chi connectivity index (χ0v) is 18.1. The molecule has 0 saturated heterocycles. The molecule has 0 bridgehead atoms. The number of aryl methyl sites for hydroxylation is 2. The molecule has 1 saturated carbocycles. The first-order valence-electron chi connectivity index (χ1n) is 10.2. The van der Waals surface area contributed by atoms with E-state index in [0.717, 1.165) is 24.1 Å². The van der Waals surface area contributed by atoms with Crippen molar-refractivity contribution >= 4 is 34.7 Å². The highest BCUT2D eigenvalue weighted by molar-refractivity contribution is 8.14. The number of hydrogen-bond donors (Lipinski definition) is 0. The molecular weight excluding hydrogens is 416 g/mol. The van der Waals surface area contributed by atoms with E-state index in [-0.39, 0.29) is 23.5 Å². The Hall–Kier alpha value is -3.07. The number of aliphatic imine (C=N–C) groups is 1. The monoisotopic (exact) mass is 438 g/mol. The maximum Gasteiger partial charge on any atom is 0.278 e. The second-order valence-electron chi connectivity index (χ2n) is 7.74. The van der Waals surface area contributed by atoms with Crippen molar-refractivity contribution in [1.29, 1.82) is 0 Å². The van der Waals surface area contributed by atoms with Gasteiger partial charge in [0.05, 0.1) is 11.4 Å². The summed E-state index contributed by atoms with van der Waals surface area (Å²) in [5.41, 5.74) is 2.65. The Morgan fingerprint density at radius 3 is 2.74 bits per heavy atom. The van der Waals surface area contributed by atoms with Gasteiger partial charge in [0, 0.05) is 30.4 Å². The largest absolute Gasteiger partial charge is 0.486 e. The molecule has 0 N–H and O–H groups in total. The van der Waals surface area contributed by atoms with Crippen LogP contribution in [0.25, 0.3) is 6.08 Å². The lowest BCUT2D eigenvalue weighted by atomic mass is 10.1. The fourth-order valence-corrected chi connectivity index (χ4v) is 4.56. The van der Waals surface area contributed by atoms with Gasteiger partial charge in [-0.1, -0.05) is 11.8 Å². The summed E-state index contributed by atoms with van der Waals surface area (Å²) in [5.74, 6) is 1.27. The maximum atomic E-state index is 13.0. The third-order valence-corrected chi connectivity index (χ3v) is 6.26. The van der Waals surface area contributed by atoms with Gasteiger partial charge in [0.2, 0.25) is 0 Å². The average Bonchev–Trinajstić information content (AvgIpc) is 3.48. The summed E-state index contributed by atoms with van der Waals surface area (Å²) >= 11 is 1.30. The number of carbonyl (C=O) groups is 2. The van der Waals surface area contributed by atoms with Gasteiger partial charge in [0.1, 0.15) is 18.9 Å². The van der Waals surface area contributed by atoms with Crippen molar-refractivity contribution in [2.45, 2.75) is 25.8 Å². The second kappa shape index (κ2) is 7.88. The highest BCUT2D eigenvalue weighted by Gasteiger charge is 2.41. The molecule has 1 aliphatic carbocycles. The van der Waals surface area contributed by atoms with Crippen molar-refractivity contribution in [2.24, 2.45) is 12.0 Å². The number of carbonyl (C=O) groups excluding carboxylic acids is 2. The topological polar surface area (TPSA) is 86.0 Å². The van der Waals surface area contributed by atoms with Crippen LogP contribution in [-0.2, 0) is 11.8 Å². The SMILES string of the molecule is Cc1nn(C)cc1C=C1N=C(SCC(=O)c2ccc3c(c2)OCCO3)N(C2CC2)C1=O. The minimum absolute atomic E-state index is 0.0478. The van der Waals surface area contributed by atoms with Crippen LogP contribution >= 0.6 is 11.8 Å². The van der Waals surface area contributed by atoms with Gasteiger partial charge in [-0.15, -0.1) is 0 Å². The first-order chi connectivity index (χ1) is 15.0. The molecule has 9 heteroatoms. The fourth-order valence-electron chi connectivity index (χ4n) is 3.60. The van der Waals surface area contributed by atoms with Crippen molar-refractivity contribution in [2.75, 3.05) is 19.0 Å². The molecule has 2 aromatic rings. The van der Waals surface area contributed by atoms with Gasteiger partial charge < -0.3 is 9.47 Å². The number of hydrogen-bond acceptors (Lipinski definition) is 7. The van der Waals surface area contributed by atoms with Crippen molar-refractivity contribution in [1.82, 2.24) is 14.7 Å². The minimum Gasteiger partial charge on any atom is -0.486 e. The van der Waals surface area contributed by atoms with E-state index in [2.05, 4.69) is 10.1 Å². The van der Waals surface area contributed by atoms with Crippen molar-refractivity contribution < 1.29 is 19.1 Å². The molecule has 1 aromatic carbocycles. The molecule has 0 unspecified atom stereocenters. The Labute approximate surface area is 183 Å². The summed E-state index contributed by atoms with van der Waals surface area (Å²) in [5, 5.41) is 4.91. The molecule has 0 spiro atoms. The summed E-state index contributed by atoms with van der Waals surface area (Å²) in [4.78, 5) is 32.1. The number of ketones is 1. The zero-order valence-electron chi connectivity index (χ0n) is 17.3. The van der Waals surface area contributed by atoms with E-state index >= 15 is 0 Å². The summed E-state index contributed by atoms with van der Waals surface area (Å²) in [6.45, 7) is 2.88. The number of amides is 1. The summed E-state index contributed by atoms with van der Waals surface area (Å²) in [6.07, 6.45) is 5.56. The van der Waals surface area contributed by atoms with E-state index in [0.29, 0.717) is 41.1 Å². The quantitative estimate of drug-likeness (QED) is 0.527. The number of thioether (sulfide) groups is 1. The first-order valence-corrected chi connectivity index (χ1v) is 11.2. The molecule has 0 radical (unpaired) electrons. The molecule has 160 valence electrons. The molecule has 1 fully saturated rings. The number of nitrogens with zero attached hydrogens (tertiary/aromatic N) is 4. The number of amidine groups is 1. The smallest absolute Gasteiger partial charge is 0.278 e. The van der Waals surface area contributed by atoms with Crippen LogP contribution in [0.1, 0.15) is 34.5 Å². The number of ether oxygens (including phenoxy) is 2. The lowest BCUT2D eigenvalue weighted by Crippen LogP contribution is -2.33. The Bertz CT molecular complexity index is 1130. The van der Waals surface area contributed by atoms with Crippen LogP contribution < -0.4 is 9.47 Å². The normalized spacial score (nSPS) is 19.2. The van der Waals surface area contributed by atoms with Gasteiger partial charge in [0.25, 0.3) is 5.91 Å². The van der Waals surface area contributed by atoms with Gasteiger partial charge in [0.15, 0.2) is 22.4 Å². The minimum atomic E-state index is -0.111. The number of benzene rings is 1. The highest BCUT2D eigenvalue weighted by Crippen LogP contribution is 2.36. The third kappa shape index (κ3) is 3.97. The molecule has 5 rings (SSSR count). The lowest BCUT2D eigenvalue weighted by Gasteiger charge is -2.19. The summed E-state index contributed by atoms with van der Waals surface area (Å²) in [6, 6.07) is 5.39. The summed E-state index contributed by atoms with van der Waals surface area (Å²) < 4.78 is 12.8. The number of fused-ring (bicyclic) bond motifs is 1. The van der Waals surface area contributed by atoms with Crippen molar-refractivity contribution in [3.63, 3.8) is 0 Å². The lowest BCUT2D eigenvalue weighted by molar-refractivity contribution is -0.122. The van der Waals surface area contributed by atoms with E-state index in [1.807, 2.05) is 20.2 Å². The number of aromatic nitrogens is 2. The van der Waals surface area contributed by atoms with E-state index in [1.165, 1.54) is 11.8 Å². The van der Waals surface area contributed by atoms with Crippen LogP contribution in [-0.4, -0.2) is 56.5 Å². The van der Waals surface area contributed by atoms with Gasteiger partial charge in [-0.2, -0.15) is 5.10 Å². The van der Waals surface area contributed by atoms with Gasteiger partial charge >= 0.3 is 0 Å². The Morgan fingerprint density at radius 1 is 1.26 bits per heavy atom. The van der Waals surface area contributed by atoms with E-state index in [9.17, 15) is 9.59 Å². The van der Waals surface area contributed by atoms with Crippen molar-refractivity contribution in [3.8, 4) is 11.5 Å². The van der Waals surface area contributed by atoms with Crippen LogP contribution in [0.15, 0.2) is 35.1 Å². The average molecular weight is 439 g/mol. The Morgan fingerprint density at radius 2 is 2.03 bits per heavy atom. The maximum absolute atomic E-state index is 13.0. The third-order valence-electron chi connectivity index (χ3n) is 5.31. The summed E-state index contributed by atoms with van der Waals surface area (Å²) in [7, 11) is 1.84. The first kappa shape index (κ1) is 19.9. The van der Waals surface area contributed by atoms with Crippen LogP contribution in [0.3, 0.4) is 0 Å². The van der Waals surface area contributed by atoms with E-state index in [1.54, 1.807) is 33.9 Å².